The zero-order valence-electron chi connectivity index (χ0n) is 12.4. The molecule has 1 unspecified atom stereocenters. The Morgan fingerprint density at radius 2 is 2.10 bits per heavy atom. The molecule has 21 heavy (non-hydrogen) atoms. The largest absolute Gasteiger partial charge is 0.386 e. The minimum absolute atomic E-state index is 0.0896. The maximum Gasteiger partial charge on any atom is 0.223 e. The zero-order chi connectivity index (χ0) is 14.8. The summed E-state index contributed by atoms with van der Waals surface area (Å²) in [6.45, 7) is 0.281. The molecule has 0 spiro atoms. The molecule has 0 saturated heterocycles. The van der Waals surface area contributed by atoms with Gasteiger partial charge in [0.2, 0.25) is 5.91 Å². The first-order valence-corrected chi connectivity index (χ1v) is 7.66. The average Bonchev–Trinajstić information content (AvgIpc) is 3.13. The van der Waals surface area contributed by atoms with E-state index in [0.717, 1.165) is 42.1 Å². The van der Waals surface area contributed by atoms with Crippen LogP contribution in [0.15, 0.2) is 30.5 Å². The summed E-state index contributed by atoms with van der Waals surface area (Å²) >= 11 is 0. The van der Waals surface area contributed by atoms with Crippen LogP contribution in [0, 0.1) is 5.92 Å². The van der Waals surface area contributed by atoms with Crippen molar-refractivity contribution in [3.05, 3.63) is 36.0 Å². The molecule has 1 atom stereocenters. The van der Waals surface area contributed by atoms with E-state index in [1.807, 2.05) is 42.1 Å². The lowest BCUT2D eigenvalue weighted by Crippen LogP contribution is -2.32. The maximum absolute atomic E-state index is 12.0. The summed E-state index contributed by atoms with van der Waals surface area (Å²) in [7, 11) is 1.97. The summed E-state index contributed by atoms with van der Waals surface area (Å²) in [6.07, 6.45) is 5.53. The van der Waals surface area contributed by atoms with Crippen molar-refractivity contribution >= 4 is 16.8 Å². The monoisotopic (exact) mass is 286 g/mol. The van der Waals surface area contributed by atoms with Gasteiger partial charge in [0, 0.05) is 42.2 Å². The highest BCUT2D eigenvalue weighted by atomic mass is 16.3. The lowest BCUT2D eigenvalue weighted by molar-refractivity contribution is -0.125. The van der Waals surface area contributed by atoms with Gasteiger partial charge in [-0.1, -0.05) is 31.0 Å². The number of nitrogens with one attached hydrogen (secondary N) is 1. The van der Waals surface area contributed by atoms with Gasteiger partial charge in [-0.15, -0.1) is 0 Å². The Balaban J connectivity index is 1.69. The van der Waals surface area contributed by atoms with Crippen molar-refractivity contribution in [2.45, 2.75) is 31.8 Å². The molecule has 1 saturated carbocycles. The van der Waals surface area contributed by atoms with Crippen molar-refractivity contribution in [2.24, 2.45) is 13.0 Å². The molecule has 2 aromatic rings. The molecule has 1 aromatic heterocycles. The van der Waals surface area contributed by atoms with Crippen molar-refractivity contribution in [3.8, 4) is 0 Å². The second-order valence-corrected chi connectivity index (χ2v) is 5.95. The number of hydrogen-bond acceptors (Lipinski definition) is 2. The van der Waals surface area contributed by atoms with Crippen molar-refractivity contribution in [3.63, 3.8) is 0 Å². The minimum Gasteiger partial charge on any atom is -0.386 e. The van der Waals surface area contributed by atoms with E-state index in [-0.39, 0.29) is 18.4 Å². The molecule has 1 heterocycles. The van der Waals surface area contributed by atoms with Gasteiger partial charge in [-0.25, -0.2) is 0 Å². The van der Waals surface area contributed by atoms with Crippen LogP contribution in [-0.2, 0) is 11.8 Å². The number of carbonyl (C=O) groups is 1. The van der Waals surface area contributed by atoms with Crippen molar-refractivity contribution < 1.29 is 9.90 Å². The fraction of sp³-hybridized carbons (Fsp3) is 0.471. The number of aliphatic hydroxyl groups is 1. The van der Waals surface area contributed by atoms with Crippen LogP contribution in [0.2, 0.25) is 0 Å². The van der Waals surface area contributed by atoms with Gasteiger partial charge in [0.1, 0.15) is 0 Å². The second-order valence-electron chi connectivity index (χ2n) is 5.95. The Morgan fingerprint density at radius 3 is 2.86 bits per heavy atom. The van der Waals surface area contributed by atoms with Crippen molar-refractivity contribution in [2.75, 3.05) is 6.54 Å². The highest BCUT2D eigenvalue weighted by Gasteiger charge is 2.23. The molecule has 1 aliphatic rings. The summed E-state index contributed by atoms with van der Waals surface area (Å²) < 4.78 is 2.01. The number of rotatable bonds is 4. The first-order valence-electron chi connectivity index (χ1n) is 7.66. The van der Waals surface area contributed by atoms with Crippen LogP contribution in [0.5, 0.6) is 0 Å². The molecule has 0 radical (unpaired) electrons. The smallest absolute Gasteiger partial charge is 0.223 e. The molecule has 0 aliphatic heterocycles. The normalized spacial score (nSPS) is 17.2. The number of aromatic nitrogens is 1. The molecule has 1 aromatic carbocycles. The van der Waals surface area contributed by atoms with Gasteiger partial charge in [-0.05, 0) is 18.9 Å². The number of carbonyl (C=O) groups excluding carboxylic acids is 1. The molecule has 3 rings (SSSR count). The molecule has 0 bridgehead atoms. The van der Waals surface area contributed by atoms with Crippen LogP contribution in [0.3, 0.4) is 0 Å². The highest BCUT2D eigenvalue weighted by molar-refractivity contribution is 5.84. The van der Waals surface area contributed by atoms with Gasteiger partial charge < -0.3 is 15.0 Å². The Hall–Kier alpha value is -1.81. The number of nitrogens with zero attached hydrogens (tertiary/aromatic N) is 1. The predicted octanol–water partition coefficient (Wildman–Crippen LogP) is 2.52. The van der Waals surface area contributed by atoms with E-state index >= 15 is 0 Å². The van der Waals surface area contributed by atoms with Gasteiger partial charge in [0.25, 0.3) is 0 Å². The summed E-state index contributed by atoms with van der Waals surface area (Å²) in [5, 5.41) is 14.3. The van der Waals surface area contributed by atoms with Crippen LogP contribution >= 0.6 is 0 Å². The van der Waals surface area contributed by atoms with E-state index in [0.29, 0.717) is 0 Å². The fourth-order valence-corrected chi connectivity index (χ4v) is 3.28. The molecule has 1 fully saturated rings. The van der Waals surface area contributed by atoms with Gasteiger partial charge in [-0.2, -0.15) is 0 Å². The molecule has 4 nitrogen and oxygen atoms in total. The standard InChI is InChI=1S/C17H22N2O2/c1-19-11-14(13-8-4-5-9-15(13)19)16(20)10-18-17(21)12-6-2-3-7-12/h4-5,8-9,11-12,16,20H,2-3,6-7,10H2,1H3,(H,18,21). The van der Waals surface area contributed by atoms with Gasteiger partial charge >= 0.3 is 0 Å². The lowest BCUT2D eigenvalue weighted by atomic mass is 10.1. The minimum atomic E-state index is -0.665. The SMILES string of the molecule is Cn1cc(C(O)CNC(=O)C2CCCC2)c2ccccc21. The zero-order valence-corrected chi connectivity index (χ0v) is 12.4. The third kappa shape index (κ3) is 2.81. The Labute approximate surface area is 124 Å². The maximum atomic E-state index is 12.0. The Kier molecular flexibility index (Phi) is 3.97. The van der Waals surface area contributed by atoms with E-state index < -0.39 is 6.10 Å². The summed E-state index contributed by atoms with van der Waals surface area (Å²) in [6, 6.07) is 7.99. The van der Waals surface area contributed by atoms with Crippen molar-refractivity contribution in [1.29, 1.82) is 0 Å². The fourth-order valence-electron chi connectivity index (χ4n) is 3.28. The Bertz CT molecular complexity index is 641. The van der Waals surface area contributed by atoms with E-state index in [9.17, 15) is 9.90 Å². The van der Waals surface area contributed by atoms with Crippen LogP contribution < -0.4 is 5.32 Å². The third-order valence-electron chi connectivity index (χ3n) is 4.48. The third-order valence-corrected chi connectivity index (χ3v) is 4.48. The molecule has 2 N–H and O–H groups in total. The van der Waals surface area contributed by atoms with E-state index in [1.165, 1.54) is 0 Å². The van der Waals surface area contributed by atoms with Crippen LogP contribution in [0.1, 0.15) is 37.4 Å². The van der Waals surface area contributed by atoms with E-state index in [2.05, 4.69) is 5.32 Å². The highest BCUT2D eigenvalue weighted by Crippen LogP contribution is 2.27. The Morgan fingerprint density at radius 1 is 1.38 bits per heavy atom. The summed E-state index contributed by atoms with van der Waals surface area (Å²) in [4.78, 5) is 12.0. The van der Waals surface area contributed by atoms with Crippen molar-refractivity contribution in [1.82, 2.24) is 9.88 Å². The van der Waals surface area contributed by atoms with Crippen LogP contribution in [0.4, 0.5) is 0 Å². The van der Waals surface area contributed by atoms with Gasteiger partial charge in [0.15, 0.2) is 0 Å². The number of fused-ring (bicyclic) bond motifs is 1. The topological polar surface area (TPSA) is 54.3 Å². The van der Waals surface area contributed by atoms with E-state index in [1.54, 1.807) is 0 Å². The molecular formula is C17H22N2O2. The molecular weight excluding hydrogens is 264 g/mol. The number of amides is 1. The first kappa shape index (κ1) is 14.1. The van der Waals surface area contributed by atoms with E-state index in [4.69, 9.17) is 0 Å². The van der Waals surface area contributed by atoms with Crippen LogP contribution in [-0.4, -0.2) is 22.1 Å². The summed E-state index contributed by atoms with van der Waals surface area (Å²) in [5.74, 6) is 0.233. The number of benzene rings is 1. The quantitative estimate of drug-likeness (QED) is 0.907. The van der Waals surface area contributed by atoms with Gasteiger partial charge in [-0.3, -0.25) is 4.79 Å². The lowest BCUT2D eigenvalue weighted by Gasteiger charge is -2.14. The molecule has 1 amide bonds. The van der Waals surface area contributed by atoms with Crippen LogP contribution in [0.25, 0.3) is 10.9 Å². The first-order chi connectivity index (χ1) is 10.2. The summed E-state index contributed by atoms with van der Waals surface area (Å²) in [5.41, 5.74) is 1.97. The number of hydrogen-bond donors (Lipinski definition) is 2. The second kappa shape index (κ2) is 5.90. The molecule has 112 valence electrons. The molecule has 4 heteroatoms. The number of para-hydroxylation sites is 1. The van der Waals surface area contributed by atoms with Gasteiger partial charge in [0.05, 0.1) is 6.10 Å². The predicted molar refractivity (Wildman–Crippen MR) is 82.8 cm³/mol. The average molecular weight is 286 g/mol. The molecule has 1 aliphatic carbocycles. The number of aryl methyl sites for hydroxylation is 1. The number of aliphatic hydroxyl groups excluding tert-OH is 1.